The summed E-state index contributed by atoms with van der Waals surface area (Å²) in [6, 6.07) is 0. The van der Waals surface area contributed by atoms with Crippen molar-refractivity contribution in [2.24, 2.45) is 0 Å². The van der Waals surface area contributed by atoms with Gasteiger partial charge in [0.15, 0.2) is 0 Å². The van der Waals surface area contributed by atoms with Crippen LogP contribution in [-0.4, -0.2) is 5.97 Å². The monoisotopic (exact) mass is 188 g/mol. The minimum absolute atomic E-state index is 0.302. The normalized spacial score (nSPS) is 22.2. The molecule has 0 saturated carbocycles. The first-order valence-corrected chi connectivity index (χ1v) is 3.26. The predicted octanol–water partition coefficient (Wildman–Crippen LogP) is 1.73. The van der Waals surface area contributed by atoms with Gasteiger partial charge in [0.25, 0.3) is 0 Å². The van der Waals surface area contributed by atoms with Crippen molar-refractivity contribution in [3.05, 3.63) is 22.4 Å². The third-order valence-corrected chi connectivity index (χ3v) is 1.31. The molecule has 1 rings (SSSR count). The van der Waals surface area contributed by atoms with Crippen molar-refractivity contribution in [3.8, 4) is 0 Å². The van der Waals surface area contributed by atoms with Gasteiger partial charge < -0.3 is 4.74 Å². The lowest BCUT2D eigenvalue weighted by Gasteiger charge is -1.94. The van der Waals surface area contributed by atoms with Crippen LogP contribution in [0.5, 0.6) is 0 Å². The zero-order valence-corrected chi connectivity index (χ0v) is 6.44. The van der Waals surface area contributed by atoms with E-state index < -0.39 is 0 Å². The van der Waals surface area contributed by atoms with Crippen molar-refractivity contribution in [1.29, 1.82) is 0 Å². The molecular weight excluding hydrogens is 184 g/mol. The van der Waals surface area contributed by atoms with Gasteiger partial charge in [0.1, 0.15) is 5.76 Å². The van der Waals surface area contributed by atoms with Crippen molar-refractivity contribution < 1.29 is 9.53 Å². The molecule has 48 valence electrons. The maximum Gasteiger partial charge on any atom is 0.336 e. The average molecular weight is 189 g/mol. The fourth-order valence-electron chi connectivity index (χ4n) is 0.505. The number of allylic oxidation sites excluding steroid dienone is 2. The summed E-state index contributed by atoms with van der Waals surface area (Å²) in [5.41, 5.74) is 0. The SMILES string of the molecule is C/C(Br)=C1\C=CC(=O)O1. The van der Waals surface area contributed by atoms with Gasteiger partial charge in [0.05, 0.1) is 0 Å². The van der Waals surface area contributed by atoms with Gasteiger partial charge in [-0.05, 0) is 13.0 Å². The Hall–Kier alpha value is -0.570. The standard InChI is InChI=1S/C6H5BrO2/c1-4(7)5-2-3-6(8)9-5/h2-3H,1H3/b5-4-. The minimum atomic E-state index is -0.302. The molecule has 0 aromatic heterocycles. The summed E-state index contributed by atoms with van der Waals surface area (Å²) >= 11 is 3.18. The predicted molar refractivity (Wildman–Crippen MR) is 36.9 cm³/mol. The molecule has 0 aromatic carbocycles. The fraction of sp³-hybridized carbons (Fsp3) is 0.167. The first-order valence-electron chi connectivity index (χ1n) is 2.46. The van der Waals surface area contributed by atoms with Gasteiger partial charge in [-0.25, -0.2) is 4.79 Å². The molecule has 0 amide bonds. The van der Waals surface area contributed by atoms with Gasteiger partial charge in [0, 0.05) is 10.6 Å². The number of carbonyl (C=O) groups excluding carboxylic acids is 1. The lowest BCUT2D eigenvalue weighted by Crippen LogP contribution is -1.90. The number of ether oxygens (including phenoxy) is 1. The topological polar surface area (TPSA) is 26.3 Å². The molecule has 3 heteroatoms. The first-order chi connectivity index (χ1) is 4.20. The van der Waals surface area contributed by atoms with Gasteiger partial charge in [-0.1, -0.05) is 15.9 Å². The van der Waals surface area contributed by atoms with E-state index in [1.54, 1.807) is 6.08 Å². The number of rotatable bonds is 0. The molecule has 1 heterocycles. The summed E-state index contributed by atoms with van der Waals surface area (Å²) in [6.45, 7) is 1.82. The molecule has 0 aromatic rings. The lowest BCUT2D eigenvalue weighted by atomic mass is 10.4. The Morgan fingerprint density at radius 1 is 1.67 bits per heavy atom. The van der Waals surface area contributed by atoms with Gasteiger partial charge in [-0.2, -0.15) is 0 Å². The van der Waals surface area contributed by atoms with Crippen molar-refractivity contribution in [3.63, 3.8) is 0 Å². The molecule has 0 unspecified atom stereocenters. The van der Waals surface area contributed by atoms with Crippen molar-refractivity contribution >= 4 is 21.9 Å². The van der Waals surface area contributed by atoms with Crippen molar-refractivity contribution in [2.75, 3.05) is 0 Å². The zero-order chi connectivity index (χ0) is 6.85. The second-order valence-electron chi connectivity index (χ2n) is 1.65. The van der Waals surface area contributed by atoms with Crippen molar-refractivity contribution in [1.82, 2.24) is 0 Å². The van der Waals surface area contributed by atoms with Crippen LogP contribution in [-0.2, 0) is 9.53 Å². The van der Waals surface area contributed by atoms with Crippen LogP contribution < -0.4 is 0 Å². The quantitative estimate of drug-likeness (QED) is 0.542. The molecule has 0 fully saturated rings. The lowest BCUT2D eigenvalue weighted by molar-refractivity contribution is -0.132. The van der Waals surface area contributed by atoms with Crippen molar-refractivity contribution in [2.45, 2.75) is 6.92 Å². The highest BCUT2D eigenvalue weighted by Crippen LogP contribution is 2.17. The maximum absolute atomic E-state index is 10.4. The maximum atomic E-state index is 10.4. The molecule has 0 saturated heterocycles. The average Bonchev–Trinajstić information content (AvgIpc) is 2.14. The highest BCUT2D eigenvalue weighted by atomic mass is 79.9. The molecule has 0 N–H and O–H groups in total. The van der Waals surface area contributed by atoms with Crippen LogP contribution >= 0.6 is 15.9 Å². The zero-order valence-electron chi connectivity index (χ0n) is 4.85. The summed E-state index contributed by atoms with van der Waals surface area (Å²) in [5, 5.41) is 0. The second kappa shape index (κ2) is 2.35. The van der Waals surface area contributed by atoms with Crippen LogP contribution in [0.3, 0.4) is 0 Å². The van der Waals surface area contributed by atoms with E-state index >= 15 is 0 Å². The number of carbonyl (C=O) groups is 1. The van der Waals surface area contributed by atoms with Crippen LogP contribution in [0, 0.1) is 0 Å². The van der Waals surface area contributed by atoms with Crippen LogP contribution in [0.25, 0.3) is 0 Å². The Bertz CT molecular complexity index is 199. The number of hydrogen-bond acceptors (Lipinski definition) is 2. The van der Waals surface area contributed by atoms with Crippen LogP contribution in [0.4, 0.5) is 0 Å². The van der Waals surface area contributed by atoms with Crippen LogP contribution in [0.1, 0.15) is 6.92 Å². The summed E-state index contributed by atoms with van der Waals surface area (Å²) in [4.78, 5) is 10.4. The molecule has 0 radical (unpaired) electrons. The first kappa shape index (κ1) is 6.55. The minimum Gasteiger partial charge on any atom is -0.423 e. The molecule has 0 aliphatic carbocycles. The number of esters is 1. The largest absolute Gasteiger partial charge is 0.423 e. The number of cyclic esters (lactones) is 1. The van der Waals surface area contributed by atoms with E-state index in [0.29, 0.717) is 5.76 Å². The van der Waals surface area contributed by atoms with Crippen LogP contribution in [0.2, 0.25) is 0 Å². The highest BCUT2D eigenvalue weighted by molar-refractivity contribution is 9.11. The molecule has 9 heavy (non-hydrogen) atoms. The Labute approximate surface area is 61.3 Å². The van der Waals surface area contributed by atoms with E-state index in [9.17, 15) is 4.79 Å². The van der Waals surface area contributed by atoms with E-state index in [1.165, 1.54) is 6.08 Å². The number of halogens is 1. The van der Waals surface area contributed by atoms with E-state index in [-0.39, 0.29) is 5.97 Å². The van der Waals surface area contributed by atoms with E-state index in [0.717, 1.165) is 4.48 Å². The van der Waals surface area contributed by atoms with E-state index in [1.807, 2.05) is 6.92 Å². The summed E-state index contributed by atoms with van der Waals surface area (Å²) in [5.74, 6) is 0.295. The summed E-state index contributed by atoms with van der Waals surface area (Å²) in [7, 11) is 0. The van der Waals surface area contributed by atoms with Gasteiger partial charge >= 0.3 is 5.97 Å². The van der Waals surface area contributed by atoms with Gasteiger partial charge in [0.2, 0.25) is 0 Å². The molecule has 1 aliphatic heterocycles. The Morgan fingerprint density at radius 3 is 2.56 bits per heavy atom. The Kier molecular flexibility index (Phi) is 1.71. The van der Waals surface area contributed by atoms with Crippen LogP contribution in [0.15, 0.2) is 22.4 Å². The Morgan fingerprint density at radius 2 is 2.33 bits per heavy atom. The van der Waals surface area contributed by atoms with Gasteiger partial charge in [-0.3, -0.25) is 0 Å². The molecule has 0 spiro atoms. The molecule has 0 atom stereocenters. The fourth-order valence-corrected chi connectivity index (χ4v) is 0.718. The highest BCUT2D eigenvalue weighted by Gasteiger charge is 2.10. The summed E-state index contributed by atoms with van der Waals surface area (Å²) < 4.78 is 5.54. The molecule has 2 nitrogen and oxygen atoms in total. The summed E-state index contributed by atoms with van der Waals surface area (Å²) in [6.07, 6.45) is 3.02. The third kappa shape index (κ3) is 1.42. The molecule has 0 bridgehead atoms. The molecule has 1 aliphatic rings. The van der Waals surface area contributed by atoms with Gasteiger partial charge in [-0.15, -0.1) is 0 Å². The van der Waals surface area contributed by atoms with E-state index in [4.69, 9.17) is 4.74 Å². The molecular formula is C6H5BrO2. The van der Waals surface area contributed by atoms with E-state index in [2.05, 4.69) is 15.9 Å². The third-order valence-electron chi connectivity index (χ3n) is 0.921. The second-order valence-corrected chi connectivity index (χ2v) is 2.84. The number of hydrogen-bond donors (Lipinski definition) is 0. The Balaban J connectivity index is 2.83. The smallest absolute Gasteiger partial charge is 0.336 e.